The number of pyridine rings is 1. The number of Topliss-reactive ketones (excluding diaryl/α,β-unsaturated/α-hetero) is 1. The number of ketones is 1. The van der Waals surface area contributed by atoms with Crippen molar-refractivity contribution < 1.29 is 30.8 Å². The molecule has 35 heavy (non-hydrogen) atoms. The van der Waals surface area contributed by atoms with Gasteiger partial charge in [-0.3, -0.25) is 9.78 Å². The van der Waals surface area contributed by atoms with Gasteiger partial charge in [0.1, 0.15) is 5.82 Å². The summed E-state index contributed by atoms with van der Waals surface area (Å²) in [6.07, 6.45) is 0.852. The van der Waals surface area contributed by atoms with Crippen molar-refractivity contribution in [2.24, 2.45) is 0 Å². The molecule has 0 aliphatic carbocycles. The minimum absolute atomic E-state index is 0.0730. The molecule has 1 saturated heterocycles. The maximum atomic E-state index is 13.5. The van der Waals surface area contributed by atoms with E-state index in [1.165, 1.54) is 36.7 Å². The van der Waals surface area contributed by atoms with E-state index in [0.717, 1.165) is 40.7 Å². The van der Waals surface area contributed by atoms with Crippen LogP contribution >= 0.6 is 0 Å². The summed E-state index contributed by atoms with van der Waals surface area (Å²) in [5.41, 5.74) is -0.687. The molecule has 0 amide bonds. The van der Waals surface area contributed by atoms with Gasteiger partial charge in [-0.1, -0.05) is 18.2 Å². The highest BCUT2D eigenvalue weighted by Gasteiger charge is 2.36. The lowest BCUT2D eigenvalue weighted by Crippen LogP contribution is -2.41. The van der Waals surface area contributed by atoms with Gasteiger partial charge in [-0.2, -0.15) is 17.5 Å². The molecule has 0 spiro atoms. The molecule has 0 N–H and O–H groups in total. The molecule has 0 atom stereocenters. The molecular formula is C25H18F4N2O3S. The van der Waals surface area contributed by atoms with Gasteiger partial charge in [0.15, 0.2) is 5.78 Å². The SMILES string of the molecule is O=C1/C(=C/c2ccncc2)CN(S(=O)(=O)c2ccc(F)cc2)C/C1=C\c1ccccc1C(F)(F)F. The van der Waals surface area contributed by atoms with Crippen LogP contribution in [0.5, 0.6) is 0 Å². The third kappa shape index (κ3) is 5.39. The average Bonchev–Trinajstić information content (AvgIpc) is 2.82. The van der Waals surface area contributed by atoms with Gasteiger partial charge in [0, 0.05) is 36.6 Å². The number of sulfonamides is 1. The van der Waals surface area contributed by atoms with Gasteiger partial charge in [-0.15, -0.1) is 0 Å². The van der Waals surface area contributed by atoms with Crippen LogP contribution in [0.4, 0.5) is 17.6 Å². The number of carbonyl (C=O) groups is 1. The molecule has 10 heteroatoms. The summed E-state index contributed by atoms with van der Waals surface area (Å²) in [6, 6.07) is 12.1. The fourth-order valence-electron chi connectivity index (χ4n) is 3.66. The minimum atomic E-state index is -4.67. The number of rotatable bonds is 4. The van der Waals surface area contributed by atoms with E-state index in [-0.39, 0.29) is 28.1 Å². The van der Waals surface area contributed by atoms with E-state index >= 15 is 0 Å². The molecule has 0 radical (unpaired) electrons. The van der Waals surface area contributed by atoms with E-state index < -0.39 is 39.9 Å². The third-order valence-electron chi connectivity index (χ3n) is 5.37. The van der Waals surface area contributed by atoms with Gasteiger partial charge in [0.2, 0.25) is 10.0 Å². The Bertz CT molecular complexity index is 1420. The largest absolute Gasteiger partial charge is 0.416 e. The first-order chi connectivity index (χ1) is 16.6. The number of benzene rings is 2. The Labute approximate surface area is 199 Å². The van der Waals surface area contributed by atoms with Crippen LogP contribution in [0.1, 0.15) is 16.7 Å². The number of carbonyl (C=O) groups excluding carboxylic acids is 1. The van der Waals surface area contributed by atoms with Gasteiger partial charge in [0.05, 0.1) is 10.5 Å². The van der Waals surface area contributed by atoms with Crippen LogP contribution in [0.3, 0.4) is 0 Å². The lowest BCUT2D eigenvalue weighted by Gasteiger charge is -2.29. The molecule has 3 aromatic rings. The van der Waals surface area contributed by atoms with Crippen molar-refractivity contribution in [3.8, 4) is 0 Å². The summed E-state index contributed by atoms with van der Waals surface area (Å²) in [5, 5.41) is 0. The van der Waals surface area contributed by atoms with E-state index in [4.69, 9.17) is 0 Å². The maximum absolute atomic E-state index is 13.5. The number of hydrogen-bond donors (Lipinski definition) is 0. The first-order valence-corrected chi connectivity index (χ1v) is 11.8. The number of nitrogens with zero attached hydrogens (tertiary/aromatic N) is 2. The number of halogens is 4. The first kappa shape index (κ1) is 24.5. The smallest absolute Gasteiger partial charge is 0.289 e. The second-order valence-electron chi connectivity index (χ2n) is 7.76. The second-order valence-corrected chi connectivity index (χ2v) is 9.70. The van der Waals surface area contributed by atoms with Gasteiger partial charge >= 0.3 is 6.18 Å². The van der Waals surface area contributed by atoms with Gasteiger partial charge in [0.25, 0.3) is 0 Å². The lowest BCUT2D eigenvalue weighted by atomic mass is 9.94. The van der Waals surface area contributed by atoms with Gasteiger partial charge < -0.3 is 0 Å². The highest BCUT2D eigenvalue weighted by atomic mass is 32.2. The highest BCUT2D eigenvalue weighted by Crippen LogP contribution is 2.34. The molecule has 1 fully saturated rings. The molecule has 1 aromatic heterocycles. The van der Waals surface area contributed by atoms with Crippen molar-refractivity contribution >= 4 is 28.0 Å². The summed E-state index contributed by atoms with van der Waals surface area (Å²) in [4.78, 5) is 16.9. The minimum Gasteiger partial charge on any atom is -0.289 e. The van der Waals surface area contributed by atoms with Crippen LogP contribution in [0.2, 0.25) is 0 Å². The summed E-state index contributed by atoms with van der Waals surface area (Å²) in [7, 11) is -4.19. The number of piperidine rings is 1. The quantitative estimate of drug-likeness (QED) is 0.373. The molecule has 1 aliphatic rings. The van der Waals surface area contributed by atoms with E-state index in [2.05, 4.69) is 4.98 Å². The Kier molecular flexibility index (Phi) is 6.68. The van der Waals surface area contributed by atoms with Crippen LogP contribution < -0.4 is 0 Å². The van der Waals surface area contributed by atoms with Gasteiger partial charge in [-0.05, 0) is 65.7 Å². The Morgan fingerprint density at radius 2 is 1.46 bits per heavy atom. The molecule has 180 valence electrons. The van der Waals surface area contributed by atoms with Crippen molar-refractivity contribution in [2.45, 2.75) is 11.1 Å². The average molecular weight is 502 g/mol. The summed E-state index contributed by atoms with van der Waals surface area (Å²) >= 11 is 0. The van der Waals surface area contributed by atoms with E-state index in [1.54, 1.807) is 12.1 Å². The van der Waals surface area contributed by atoms with E-state index in [0.29, 0.717) is 5.56 Å². The molecule has 0 bridgehead atoms. The Balaban J connectivity index is 1.82. The summed E-state index contributed by atoms with van der Waals surface area (Å²) in [5.74, 6) is -1.19. The Hall–Kier alpha value is -3.63. The van der Waals surface area contributed by atoms with Gasteiger partial charge in [-0.25, -0.2) is 12.8 Å². The van der Waals surface area contributed by atoms with Crippen molar-refractivity contribution in [1.29, 1.82) is 0 Å². The zero-order valence-corrected chi connectivity index (χ0v) is 18.9. The van der Waals surface area contributed by atoms with Crippen LogP contribution in [-0.4, -0.2) is 36.6 Å². The lowest BCUT2D eigenvalue weighted by molar-refractivity contribution is -0.137. The van der Waals surface area contributed by atoms with E-state index in [9.17, 15) is 30.8 Å². The van der Waals surface area contributed by atoms with Crippen LogP contribution in [0, 0.1) is 5.82 Å². The number of alkyl halides is 3. The van der Waals surface area contributed by atoms with Crippen molar-refractivity contribution in [3.63, 3.8) is 0 Å². The Morgan fingerprint density at radius 1 is 0.857 bits per heavy atom. The van der Waals surface area contributed by atoms with Crippen LogP contribution in [-0.2, 0) is 21.0 Å². The predicted octanol–water partition coefficient (Wildman–Crippen LogP) is 4.98. The molecule has 0 saturated carbocycles. The molecule has 2 heterocycles. The molecule has 2 aromatic carbocycles. The fraction of sp³-hybridized carbons (Fsp3) is 0.120. The molecule has 4 rings (SSSR count). The third-order valence-corrected chi connectivity index (χ3v) is 7.18. The van der Waals surface area contributed by atoms with Crippen LogP contribution in [0.15, 0.2) is 89.1 Å². The topological polar surface area (TPSA) is 67.3 Å². The molecule has 1 aliphatic heterocycles. The second kappa shape index (κ2) is 9.55. The van der Waals surface area contributed by atoms with Crippen molar-refractivity contribution in [2.75, 3.05) is 13.1 Å². The zero-order chi connectivity index (χ0) is 25.2. The Morgan fingerprint density at radius 3 is 2.09 bits per heavy atom. The van der Waals surface area contributed by atoms with Crippen molar-refractivity contribution in [3.05, 3.63) is 107 Å². The number of hydrogen-bond acceptors (Lipinski definition) is 4. The predicted molar refractivity (Wildman–Crippen MR) is 122 cm³/mol. The molecule has 0 unspecified atom stereocenters. The standard InChI is InChI=1S/C25H18F4N2O3S/c26-21-5-7-22(8-6-21)35(33,34)31-15-19(13-17-9-11-30-12-10-17)24(32)20(16-31)14-18-3-1-2-4-23(18)25(27,28)29/h1-14H,15-16H2/b19-13+,20-14+. The fourth-order valence-corrected chi connectivity index (χ4v) is 5.06. The van der Waals surface area contributed by atoms with E-state index in [1.807, 2.05) is 0 Å². The number of aromatic nitrogens is 1. The van der Waals surface area contributed by atoms with Crippen LogP contribution in [0.25, 0.3) is 12.2 Å². The molecular weight excluding hydrogens is 484 g/mol. The normalized spacial score (nSPS) is 17.8. The molecule has 5 nitrogen and oxygen atoms in total. The summed E-state index contributed by atoms with van der Waals surface area (Å²) < 4.78 is 81.4. The van der Waals surface area contributed by atoms with Crippen molar-refractivity contribution in [1.82, 2.24) is 9.29 Å². The highest BCUT2D eigenvalue weighted by molar-refractivity contribution is 7.89. The monoisotopic (exact) mass is 502 g/mol. The summed E-state index contributed by atoms with van der Waals surface area (Å²) in [6.45, 7) is -0.752. The zero-order valence-electron chi connectivity index (χ0n) is 18.0. The maximum Gasteiger partial charge on any atom is 0.416 e. The first-order valence-electron chi connectivity index (χ1n) is 10.3.